The lowest BCUT2D eigenvalue weighted by molar-refractivity contribution is -0.142. The smallest absolute Gasteiger partial charge is 0.313 e. The summed E-state index contributed by atoms with van der Waals surface area (Å²) in [6.45, 7) is 8.74. The number of piperazine rings is 1. The second-order valence-electron chi connectivity index (χ2n) is 6.78. The number of hydrogen-bond acceptors (Lipinski definition) is 5. The van der Waals surface area contributed by atoms with Gasteiger partial charge in [-0.15, -0.1) is 0 Å². The number of rotatable bonds is 7. The fraction of sp³-hybridized carbons (Fsp3) is 0.458. The molecule has 5 nitrogen and oxygen atoms in total. The normalized spacial score (nSPS) is 15.1. The van der Waals surface area contributed by atoms with Crippen molar-refractivity contribution in [1.29, 1.82) is 0 Å². The van der Waals surface area contributed by atoms with Gasteiger partial charge in [0.2, 0.25) is 0 Å². The molecular formula is C24H34N2O3. The first-order valence-electron chi connectivity index (χ1n) is 10.5. The average Bonchev–Trinajstić information content (AvgIpc) is 2.81. The van der Waals surface area contributed by atoms with Gasteiger partial charge in [-0.05, 0) is 30.7 Å². The van der Waals surface area contributed by atoms with Gasteiger partial charge in [0.1, 0.15) is 5.75 Å². The lowest BCUT2D eigenvalue weighted by Crippen LogP contribution is -2.47. The van der Waals surface area contributed by atoms with Gasteiger partial charge < -0.3 is 14.4 Å². The van der Waals surface area contributed by atoms with Gasteiger partial charge in [-0.3, -0.25) is 9.69 Å². The molecule has 0 radical (unpaired) electrons. The van der Waals surface area contributed by atoms with E-state index in [2.05, 4.69) is 15.9 Å². The molecule has 2 aromatic rings. The van der Waals surface area contributed by atoms with Crippen LogP contribution in [0, 0.1) is 0 Å². The lowest BCUT2D eigenvalue weighted by Gasteiger charge is -2.37. The molecule has 0 aromatic heterocycles. The van der Waals surface area contributed by atoms with Crippen LogP contribution >= 0.6 is 0 Å². The Morgan fingerprint density at radius 2 is 1.55 bits per heavy atom. The van der Waals surface area contributed by atoms with E-state index >= 15 is 0 Å². The highest BCUT2D eigenvalue weighted by Gasteiger charge is 2.24. The van der Waals surface area contributed by atoms with Crippen LogP contribution in [0.2, 0.25) is 0 Å². The molecule has 158 valence electrons. The minimum atomic E-state index is -0.205. The third kappa shape index (κ3) is 6.23. The Bertz CT molecular complexity index is 728. The average molecular weight is 399 g/mol. The standard InChI is InChI=1S/C22H28N2O3.C2H6/c1-26-21-11-7-6-10-20(21)24-16-14-23(15-17-24)13-12-19(22(25)27-2)18-8-4-3-5-9-18;1-2/h3-11,19H,12-17H2,1-2H3;1-2H3. The first-order chi connectivity index (χ1) is 14.2. The van der Waals surface area contributed by atoms with Gasteiger partial charge in [-0.25, -0.2) is 0 Å². The van der Waals surface area contributed by atoms with Gasteiger partial charge in [0.15, 0.2) is 0 Å². The maximum Gasteiger partial charge on any atom is 0.313 e. The molecule has 0 spiro atoms. The first kappa shape index (κ1) is 22.8. The Morgan fingerprint density at radius 3 is 2.17 bits per heavy atom. The summed E-state index contributed by atoms with van der Waals surface area (Å²) in [6, 6.07) is 18.1. The Labute approximate surface area is 175 Å². The van der Waals surface area contributed by atoms with Gasteiger partial charge >= 0.3 is 5.97 Å². The summed E-state index contributed by atoms with van der Waals surface area (Å²) in [6.07, 6.45) is 0.769. The molecule has 0 saturated carbocycles. The summed E-state index contributed by atoms with van der Waals surface area (Å²) in [7, 11) is 3.18. The number of carbonyl (C=O) groups excluding carboxylic acids is 1. The molecule has 29 heavy (non-hydrogen) atoms. The van der Waals surface area contributed by atoms with Crippen LogP contribution in [-0.4, -0.2) is 57.8 Å². The Morgan fingerprint density at radius 1 is 0.931 bits per heavy atom. The topological polar surface area (TPSA) is 42.0 Å². The number of carbonyl (C=O) groups is 1. The Kier molecular flexibility index (Phi) is 9.51. The predicted octanol–water partition coefficient (Wildman–Crippen LogP) is 4.19. The van der Waals surface area contributed by atoms with Crippen molar-refractivity contribution in [3.63, 3.8) is 0 Å². The maximum absolute atomic E-state index is 12.2. The van der Waals surface area contributed by atoms with Crippen LogP contribution in [0.1, 0.15) is 31.7 Å². The summed E-state index contributed by atoms with van der Waals surface area (Å²) in [5.74, 6) is 0.554. The minimum Gasteiger partial charge on any atom is -0.495 e. The molecule has 1 unspecified atom stereocenters. The lowest BCUT2D eigenvalue weighted by atomic mass is 9.95. The molecule has 0 aliphatic carbocycles. The summed E-state index contributed by atoms with van der Waals surface area (Å²) >= 11 is 0. The number of benzene rings is 2. The van der Waals surface area contributed by atoms with Crippen LogP contribution < -0.4 is 9.64 Å². The molecule has 1 aliphatic rings. The minimum absolute atomic E-state index is 0.158. The molecule has 3 rings (SSSR count). The van der Waals surface area contributed by atoms with Gasteiger partial charge in [0.05, 0.1) is 25.8 Å². The Balaban J connectivity index is 0.00000145. The highest BCUT2D eigenvalue weighted by molar-refractivity contribution is 5.78. The van der Waals surface area contributed by atoms with Crippen LogP contribution in [0.15, 0.2) is 54.6 Å². The number of nitrogens with zero attached hydrogens (tertiary/aromatic N) is 2. The highest BCUT2D eigenvalue weighted by atomic mass is 16.5. The number of esters is 1. The summed E-state index contributed by atoms with van der Waals surface area (Å²) in [5.41, 5.74) is 2.17. The quantitative estimate of drug-likeness (QED) is 0.654. The number of methoxy groups -OCH3 is 2. The summed E-state index contributed by atoms with van der Waals surface area (Å²) < 4.78 is 10.5. The van der Waals surface area contributed by atoms with Crippen LogP contribution in [0.25, 0.3) is 0 Å². The van der Waals surface area contributed by atoms with Crippen LogP contribution in [0.4, 0.5) is 5.69 Å². The molecule has 5 heteroatoms. The molecule has 1 heterocycles. The number of anilines is 1. The van der Waals surface area contributed by atoms with E-state index in [0.717, 1.165) is 56.1 Å². The molecule has 0 bridgehead atoms. The zero-order chi connectivity index (χ0) is 21.1. The molecule has 2 aromatic carbocycles. The third-order valence-corrected chi connectivity index (χ3v) is 5.22. The largest absolute Gasteiger partial charge is 0.495 e. The summed E-state index contributed by atoms with van der Waals surface area (Å²) in [5, 5.41) is 0. The van der Waals surface area contributed by atoms with E-state index in [1.165, 1.54) is 7.11 Å². The zero-order valence-electron chi connectivity index (χ0n) is 18.1. The number of hydrogen-bond donors (Lipinski definition) is 0. The van der Waals surface area contributed by atoms with Crippen LogP contribution in [0.5, 0.6) is 5.75 Å². The number of para-hydroxylation sites is 2. The fourth-order valence-electron chi connectivity index (χ4n) is 3.66. The van der Waals surface area contributed by atoms with Crippen molar-refractivity contribution in [3.05, 3.63) is 60.2 Å². The van der Waals surface area contributed by atoms with Gasteiger partial charge in [0, 0.05) is 26.2 Å². The second kappa shape index (κ2) is 12.1. The van der Waals surface area contributed by atoms with E-state index in [1.54, 1.807) is 7.11 Å². The van der Waals surface area contributed by atoms with Crippen molar-refractivity contribution in [2.75, 3.05) is 51.8 Å². The third-order valence-electron chi connectivity index (χ3n) is 5.22. The van der Waals surface area contributed by atoms with Gasteiger partial charge in [0.25, 0.3) is 0 Å². The molecule has 1 fully saturated rings. The van der Waals surface area contributed by atoms with E-state index in [-0.39, 0.29) is 11.9 Å². The highest BCUT2D eigenvalue weighted by Crippen LogP contribution is 2.28. The van der Waals surface area contributed by atoms with Crippen molar-refractivity contribution in [3.8, 4) is 5.75 Å². The monoisotopic (exact) mass is 398 g/mol. The molecule has 1 saturated heterocycles. The molecular weight excluding hydrogens is 364 g/mol. The van der Waals surface area contributed by atoms with Crippen molar-refractivity contribution in [2.24, 2.45) is 0 Å². The second-order valence-corrected chi connectivity index (χ2v) is 6.78. The Hall–Kier alpha value is -2.53. The molecule has 1 atom stereocenters. The predicted molar refractivity (Wildman–Crippen MR) is 119 cm³/mol. The fourth-order valence-corrected chi connectivity index (χ4v) is 3.66. The van der Waals surface area contributed by atoms with E-state index in [9.17, 15) is 4.79 Å². The number of ether oxygens (including phenoxy) is 2. The zero-order valence-corrected chi connectivity index (χ0v) is 18.1. The molecule has 0 amide bonds. The van der Waals surface area contributed by atoms with Gasteiger partial charge in [-0.2, -0.15) is 0 Å². The summed E-state index contributed by atoms with van der Waals surface area (Å²) in [4.78, 5) is 17.0. The maximum atomic E-state index is 12.2. The van der Waals surface area contributed by atoms with Crippen molar-refractivity contribution in [1.82, 2.24) is 4.90 Å². The van der Waals surface area contributed by atoms with E-state index in [4.69, 9.17) is 9.47 Å². The first-order valence-corrected chi connectivity index (χ1v) is 10.5. The molecule has 0 N–H and O–H groups in total. The van der Waals surface area contributed by atoms with E-state index < -0.39 is 0 Å². The van der Waals surface area contributed by atoms with Gasteiger partial charge in [-0.1, -0.05) is 56.3 Å². The van der Waals surface area contributed by atoms with Crippen molar-refractivity contribution >= 4 is 11.7 Å². The van der Waals surface area contributed by atoms with Crippen LogP contribution in [-0.2, 0) is 9.53 Å². The molecule has 1 aliphatic heterocycles. The SMILES string of the molecule is CC.COC(=O)C(CCN1CCN(c2ccccc2OC)CC1)c1ccccc1. The van der Waals surface area contributed by atoms with Crippen molar-refractivity contribution in [2.45, 2.75) is 26.2 Å². The van der Waals surface area contributed by atoms with Crippen molar-refractivity contribution < 1.29 is 14.3 Å². The van der Waals surface area contributed by atoms with Crippen LogP contribution in [0.3, 0.4) is 0 Å². The van der Waals surface area contributed by atoms with E-state index in [1.807, 2.05) is 62.4 Å². The van der Waals surface area contributed by atoms with E-state index in [0.29, 0.717) is 0 Å².